The lowest BCUT2D eigenvalue weighted by atomic mass is 9.85. The third-order valence-electron chi connectivity index (χ3n) is 5.07. The van der Waals surface area contributed by atoms with Crippen molar-refractivity contribution in [2.24, 2.45) is 0 Å². The quantitative estimate of drug-likeness (QED) is 0.362. The van der Waals surface area contributed by atoms with Crippen LogP contribution in [0.25, 0.3) is 0 Å². The van der Waals surface area contributed by atoms with Crippen LogP contribution in [0, 0.1) is 0 Å². The molecule has 1 aliphatic carbocycles. The van der Waals surface area contributed by atoms with Crippen LogP contribution in [0.4, 0.5) is 0 Å². The van der Waals surface area contributed by atoms with Crippen LogP contribution < -0.4 is 0 Å². The van der Waals surface area contributed by atoms with Crippen LogP contribution >= 0.6 is 0 Å². The van der Waals surface area contributed by atoms with E-state index in [-0.39, 0.29) is 29.3 Å². The molecule has 1 aromatic carbocycles. The molecule has 1 aromatic rings. The summed E-state index contributed by atoms with van der Waals surface area (Å²) in [5.74, 6) is -1.19. The van der Waals surface area contributed by atoms with Gasteiger partial charge in [0, 0.05) is 17.5 Å². The lowest BCUT2D eigenvalue weighted by molar-refractivity contribution is -0.115. The van der Waals surface area contributed by atoms with Gasteiger partial charge in [-0.15, -0.1) is 0 Å². The molecule has 4 nitrogen and oxygen atoms in total. The van der Waals surface area contributed by atoms with Gasteiger partial charge >= 0.3 is 0 Å². The molecule has 0 saturated carbocycles. The predicted molar refractivity (Wildman–Crippen MR) is 106 cm³/mol. The highest BCUT2D eigenvalue weighted by Gasteiger charge is 2.36. The maximum atomic E-state index is 12.7. The lowest BCUT2D eigenvalue weighted by Crippen LogP contribution is -2.27. The van der Waals surface area contributed by atoms with Gasteiger partial charge in [-0.05, 0) is 6.42 Å². The summed E-state index contributed by atoms with van der Waals surface area (Å²) in [7, 11) is 1.33. The second-order valence-corrected chi connectivity index (χ2v) is 7.11. The fourth-order valence-corrected chi connectivity index (χ4v) is 3.52. The van der Waals surface area contributed by atoms with Crippen LogP contribution in [0.5, 0.6) is 0 Å². The summed E-state index contributed by atoms with van der Waals surface area (Å²) in [6, 6.07) is 6.58. The second-order valence-electron chi connectivity index (χ2n) is 7.11. The topological polar surface area (TPSA) is 60.4 Å². The van der Waals surface area contributed by atoms with Gasteiger partial charge in [0.15, 0.2) is 11.5 Å². The van der Waals surface area contributed by atoms with Crippen LogP contribution in [0.3, 0.4) is 0 Å². The molecule has 0 bridgehead atoms. The van der Waals surface area contributed by atoms with E-state index in [1.54, 1.807) is 24.3 Å². The average molecular weight is 370 g/mol. The number of ether oxygens (including phenoxy) is 1. The normalized spacial score (nSPS) is 13.7. The van der Waals surface area contributed by atoms with Crippen LogP contribution in [0.1, 0.15) is 91.8 Å². The molecular formula is C23H30O4. The van der Waals surface area contributed by atoms with E-state index < -0.39 is 5.78 Å². The Balaban J connectivity index is 1.88. The van der Waals surface area contributed by atoms with Crippen molar-refractivity contribution < 1.29 is 19.1 Å². The molecular weight excluding hydrogens is 340 g/mol. The van der Waals surface area contributed by atoms with Crippen molar-refractivity contribution in [1.82, 2.24) is 0 Å². The molecule has 0 aliphatic heterocycles. The summed E-state index contributed by atoms with van der Waals surface area (Å²) in [5.41, 5.74) is 0.512. The van der Waals surface area contributed by atoms with Gasteiger partial charge in [0.1, 0.15) is 5.57 Å². The standard InChI is InChI=1S/C23H30O4/c1-3-4-5-6-7-8-9-10-11-16-19(24)20-21(25)17-14-12-13-15-18(17)22(26)23(20)27-2/h12-15H,3-11,16H2,1-2H3. The first-order valence-electron chi connectivity index (χ1n) is 10.1. The molecule has 0 saturated heterocycles. The van der Waals surface area contributed by atoms with Gasteiger partial charge in [-0.3, -0.25) is 14.4 Å². The Kier molecular flexibility index (Phi) is 8.43. The van der Waals surface area contributed by atoms with Crippen LogP contribution in [0.15, 0.2) is 35.6 Å². The molecule has 0 unspecified atom stereocenters. The summed E-state index contributed by atoms with van der Waals surface area (Å²) >= 11 is 0. The molecule has 0 atom stereocenters. The summed E-state index contributed by atoms with van der Waals surface area (Å²) in [6.07, 6.45) is 10.7. The molecule has 146 valence electrons. The third kappa shape index (κ3) is 5.38. The van der Waals surface area contributed by atoms with Gasteiger partial charge < -0.3 is 4.74 Å². The number of fused-ring (bicyclic) bond motifs is 1. The monoisotopic (exact) mass is 370 g/mol. The smallest absolute Gasteiger partial charge is 0.229 e. The number of ketones is 3. The molecule has 4 heteroatoms. The highest BCUT2D eigenvalue weighted by molar-refractivity contribution is 6.36. The van der Waals surface area contributed by atoms with Crippen molar-refractivity contribution in [1.29, 1.82) is 0 Å². The molecule has 0 N–H and O–H groups in total. The average Bonchev–Trinajstić information content (AvgIpc) is 2.69. The summed E-state index contributed by atoms with van der Waals surface area (Å²) in [5, 5.41) is 0. The number of rotatable bonds is 12. The van der Waals surface area contributed by atoms with Crippen molar-refractivity contribution in [2.45, 2.75) is 71.1 Å². The van der Waals surface area contributed by atoms with E-state index >= 15 is 0 Å². The SMILES string of the molecule is CCCCCCCCCCCC(=O)C1=C(OC)C(=O)c2ccccc2C1=O. The Morgan fingerprint density at radius 3 is 1.89 bits per heavy atom. The van der Waals surface area contributed by atoms with Crippen LogP contribution in [-0.4, -0.2) is 24.5 Å². The molecule has 2 rings (SSSR count). The molecule has 0 fully saturated rings. The number of unbranched alkanes of at least 4 members (excludes halogenated alkanes) is 8. The highest BCUT2D eigenvalue weighted by atomic mass is 16.5. The zero-order valence-electron chi connectivity index (χ0n) is 16.5. The van der Waals surface area contributed by atoms with Gasteiger partial charge in [0.25, 0.3) is 0 Å². The van der Waals surface area contributed by atoms with Gasteiger partial charge in [-0.1, -0.05) is 82.6 Å². The Labute approximate surface area is 162 Å². The molecule has 0 aromatic heterocycles. The van der Waals surface area contributed by atoms with Gasteiger partial charge in [0.05, 0.1) is 7.11 Å². The molecule has 0 amide bonds. The van der Waals surface area contributed by atoms with Gasteiger partial charge in [-0.25, -0.2) is 0 Å². The number of methoxy groups -OCH3 is 1. The first-order valence-corrected chi connectivity index (χ1v) is 10.1. The zero-order chi connectivity index (χ0) is 19.6. The molecule has 0 spiro atoms. The third-order valence-corrected chi connectivity index (χ3v) is 5.07. The highest BCUT2D eigenvalue weighted by Crippen LogP contribution is 2.28. The van der Waals surface area contributed by atoms with E-state index in [1.807, 2.05) is 0 Å². The Bertz CT molecular complexity index is 715. The first-order chi connectivity index (χ1) is 13.1. The molecule has 0 radical (unpaired) electrons. The van der Waals surface area contributed by atoms with E-state index in [1.165, 1.54) is 45.6 Å². The minimum absolute atomic E-state index is 0.0826. The van der Waals surface area contributed by atoms with Crippen molar-refractivity contribution in [2.75, 3.05) is 7.11 Å². The number of hydrogen-bond acceptors (Lipinski definition) is 4. The predicted octanol–water partition coefficient (Wildman–Crippen LogP) is 5.46. The van der Waals surface area contributed by atoms with E-state index in [2.05, 4.69) is 6.92 Å². The zero-order valence-corrected chi connectivity index (χ0v) is 16.5. The number of Topliss-reactive ketones (excluding diaryl/α,β-unsaturated/α-hetero) is 3. The second kappa shape index (κ2) is 10.8. The van der Waals surface area contributed by atoms with Crippen LogP contribution in [-0.2, 0) is 9.53 Å². The Hall–Kier alpha value is -2.23. The van der Waals surface area contributed by atoms with E-state index in [0.717, 1.165) is 19.3 Å². The molecule has 1 aliphatic rings. The van der Waals surface area contributed by atoms with E-state index in [0.29, 0.717) is 11.1 Å². The Morgan fingerprint density at radius 2 is 1.33 bits per heavy atom. The first kappa shape index (κ1) is 21.1. The van der Waals surface area contributed by atoms with E-state index in [9.17, 15) is 14.4 Å². The minimum atomic E-state index is -0.400. The molecule has 0 heterocycles. The number of allylic oxidation sites excluding steroid dienone is 2. The fourth-order valence-electron chi connectivity index (χ4n) is 3.52. The van der Waals surface area contributed by atoms with Crippen molar-refractivity contribution in [3.63, 3.8) is 0 Å². The lowest BCUT2D eigenvalue weighted by Gasteiger charge is -2.19. The van der Waals surface area contributed by atoms with Gasteiger partial charge in [-0.2, -0.15) is 0 Å². The number of carbonyl (C=O) groups excluding carboxylic acids is 3. The summed E-state index contributed by atoms with van der Waals surface area (Å²) < 4.78 is 5.14. The Morgan fingerprint density at radius 1 is 0.815 bits per heavy atom. The number of carbonyl (C=O) groups is 3. The largest absolute Gasteiger partial charge is 0.492 e. The number of benzene rings is 1. The van der Waals surface area contributed by atoms with Gasteiger partial charge in [0.2, 0.25) is 11.6 Å². The maximum Gasteiger partial charge on any atom is 0.229 e. The maximum absolute atomic E-state index is 12.7. The summed E-state index contributed by atoms with van der Waals surface area (Å²) in [4.78, 5) is 37.9. The number of hydrogen-bond donors (Lipinski definition) is 0. The minimum Gasteiger partial charge on any atom is -0.492 e. The fraction of sp³-hybridized carbons (Fsp3) is 0.522. The van der Waals surface area contributed by atoms with Crippen molar-refractivity contribution in [3.05, 3.63) is 46.7 Å². The van der Waals surface area contributed by atoms with E-state index in [4.69, 9.17) is 4.74 Å². The van der Waals surface area contributed by atoms with Crippen molar-refractivity contribution in [3.8, 4) is 0 Å². The molecule has 27 heavy (non-hydrogen) atoms. The van der Waals surface area contributed by atoms with Crippen LogP contribution in [0.2, 0.25) is 0 Å². The summed E-state index contributed by atoms with van der Waals surface area (Å²) in [6.45, 7) is 2.21. The van der Waals surface area contributed by atoms with Crippen molar-refractivity contribution >= 4 is 17.3 Å².